The van der Waals surface area contributed by atoms with Gasteiger partial charge in [0.1, 0.15) is 0 Å². The van der Waals surface area contributed by atoms with E-state index in [0.717, 1.165) is 4.47 Å². The molecule has 1 aliphatic rings. The molecule has 2 unspecified atom stereocenters. The number of amides is 1. The van der Waals surface area contributed by atoms with Crippen molar-refractivity contribution in [3.8, 4) is 0 Å². The van der Waals surface area contributed by atoms with Crippen LogP contribution in [0.5, 0.6) is 0 Å². The summed E-state index contributed by atoms with van der Waals surface area (Å²) in [6, 6.07) is 7.23. The molecule has 0 aliphatic heterocycles. The molecule has 0 aromatic heterocycles. The largest absolute Gasteiger partial charge is 0.481 e. The maximum Gasteiger partial charge on any atom is 0.307 e. The van der Waals surface area contributed by atoms with E-state index in [4.69, 9.17) is 5.11 Å². The van der Waals surface area contributed by atoms with Crippen molar-refractivity contribution in [1.82, 2.24) is 0 Å². The van der Waals surface area contributed by atoms with Crippen LogP contribution in [0.1, 0.15) is 6.42 Å². The van der Waals surface area contributed by atoms with Gasteiger partial charge in [0.2, 0.25) is 5.91 Å². The Labute approximate surface area is 101 Å². The molecule has 0 bridgehead atoms. The van der Waals surface area contributed by atoms with Crippen LogP contribution in [0.25, 0.3) is 0 Å². The molecule has 4 nitrogen and oxygen atoms in total. The molecule has 1 saturated carbocycles. The molecule has 2 atom stereocenters. The number of benzene rings is 1. The Bertz CT molecular complexity index is 447. The highest BCUT2D eigenvalue weighted by Crippen LogP contribution is 2.39. The van der Waals surface area contributed by atoms with E-state index in [2.05, 4.69) is 21.2 Å². The third kappa shape index (κ3) is 2.24. The standard InChI is InChI=1S/C11H10BrNO3/c12-8-3-1-2-4-9(8)13-10(14)6-5-7(6)11(15)16/h1-4,6-7H,5H2,(H,13,14)(H,15,16). The van der Waals surface area contributed by atoms with Crippen molar-refractivity contribution in [1.29, 1.82) is 0 Å². The number of nitrogens with one attached hydrogen (secondary N) is 1. The predicted octanol–water partition coefficient (Wildman–Crippen LogP) is 2.11. The molecule has 1 aromatic rings. The summed E-state index contributed by atoms with van der Waals surface area (Å²) >= 11 is 3.31. The number of carbonyl (C=O) groups excluding carboxylic acids is 1. The summed E-state index contributed by atoms with van der Waals surface area (Å²) in [5.74, 6) is -2.02. The number of carbonyl (C=O) groups is 2. The van der Waals surface area contributed by atoms with Gasteiger partial charge in [0, 0.05) is 4.47 Å². The highest BCUT2D eigenvalue weighted by Gasteiger charge is 2.48. The maximum absolute atomic E-state index is 11.6. The van der Waals surface area contributed by atoms with Crippen LogP contribution < -0.4 is 5.32 Å². The van der Waals surface area contributed by atoms with E-state index in [1.807, 2.05) is 18.2 Å². The molecule has 84 valence electrons. The number of hydrogen-bond donors (Lipinski definition) is 2. The summed E-state index contributed by atoms with van der Waals surface area (Å²) in [6.45, 7) is 0. The summed E-state index contributed by atoms with van der Waals surface area (Å²) < 4.78 is 0.788. The van der Waals surface area contributed by atoms with Gasteiger partial charge in [0.25, 0.3) is 0 Å². The molecule has 5 heteroatoms. The molecule has 16 heavy (non-hydrogen) atoms. The fourth-order valence-corrected chi connectivity index (χ4v) is 1.93. The quantitative estimate of drug-likeness (QED) is 0.893. The summed E-state index contributed by atoms with van der Waals surface area (Å²) in [5.41, 5.74) is 0.670. The van der Waals surface area contributed by atoms with Gasteiger partial charge in [-0.2, -0.15) is 0 Å². The number of aliphatic carboxylic acids is 1. The minimum absolute atomic E-state index is 0.223. The topological polar surface area (TPSA) is 66.4 Å². The summed E-state index contributed by atoms with van der Waals surface area (Å²) in [6.07, 6.45) is 0.436. The summed E-state index contributed by atoms with van der Waals surface area (Å²) in [7, 11) is 0. The maximum atomic E-state index is 11.6. The minimum atomic E-state index is -0.896. The van der Waals surface area contributed by atoms with E-state index in [1.54, 1.807) is 6.07 Å². The van der Waals surface area contributed by atoms with E-state index in [-0.39, 0.29) is 11.8 Å². The molecular weight excluding hydrogens is 274 g/mol. The second-order valence-corrected chi connectivity index (χ2v) is 4.61. The van der Waals surface area contributed by atoms with Crippen LogP contribution in [0.2, 0.25) is 0 Å². The van der Waals surface area contributed by atoms with Crippen LogP contribution in [0.15, 0.2) is 28.7 Å². The number of para-hydroxylation sites is 1. The zero-order chi connectivity index (χ0) is 11.7. The molecule has 1 aromatic carbocycles. The zero-order valence-corrected chi connectivity index (χ0v) is 9.90. The number of halogens is 1. The van der Waals surface area contributed by atoms with E-state index in [0.29, 0.717) is 12.1 Å². The highest BCUT2D eigenvalue weighted by molar-refractivity contribution is 9.10. The lowest BCUT2D eigenvalue weighted by atomic mass is 10.2. The molecule has 0 heterocycles. The first-order chi connectivity index (χ1) is 7.59. The van der Waals surface area contributed by atoms with Crippen molar-refractivity contribution in [3.63, 3.8) is 0 Å². The predicted molar refractivity (Wildman–Crippen MR) is 62.0 cm³/mol. The van der Waals surface area contributed by atoms with Crippen LogP contribution in [0.4, 0.5) is 5.69 Å². The van der Waals surface area contributed by atoms with Gasteiger partial charge >= 0.3 is 5.97 Å². The van der Waals surface area contributed by atoms with Crippen LogP contribution in [0, 0.1) is 11.8 Å². The second kappa shape index (κ2) is 4.25. The van der Waals surface area contributed by atoms with Crippen LogP contribution in [-0.2, 0) is 9.59 Å². The SMILES string of the molecule is O=C(O)C1CC1C(=O)Nc1ccccc1Br. The molecule has 0 spiro atoms. The normalized spacial score (nSPS) is 22.6. The number of hydrogen-bond acceptors (Lipinski definition) is 2. The Balaban J connectivity index is 1.99. The lowest BCUT2D eigenvalue weighted by Crippen LogP contribution is -2.17. The molecule has 1 fully saturated rings. The molecule has 1 aliphatic carbocycles. The van der Waals surface area contributed by atoms with Gasteiger partial charge in [-0.15, -0.1) is 0 Å². The van der Waals surface area contributed by atoms with Gasteiger partial charge in [-0.25, -0.2) is 0 Å². The number of carboxylic acids is 1. The summed E-state index contributed by atoms with van der Waals surface area (Å²) in [4.78, 5) is 22.3. The molecule has 0 saturated heterocycles. The Morgan fingerprint density at radius 1 is 1.31 bits per heavy atom. The van der Waals surface area contributed by atoms with Crippen molar-refractivity contribution in [2.45, 2.75) is 6.42 Å². The lowest BCUT2D eigenvalue weighted by molar-refractivity contribution is -0.139. The lowest BCUT2D eigenvalue weighted by Gasteiger charge is -2.05. The Kier molecular flexibility index (Phi) is 2.96. The number of carboxylic acid groups (broad SMARTS) is 1. The van der Waals surface area contributed by atoms with Crippen molar-refractivity contribution in [2.24, 2.45) is 11.8 Å². The molecular formula is C11H10BrNO3. The van der Waals surface area contributed by atoms with E-state index < -0.39 is 11.9 Å². The second-order valence-electron chi connectivity index (χ2n) is 3.76. The first kappa shape index (κ1) is 11.1. The van der Waals surface area contributed by atoms with Gasteiger partial charge < -0.3 is 10.4 Å². The van der Waals surface area contributed by atoms with Gasteiger partial charge in [0.15, 0.2) is 0 Å². The van der Waals surface area contributed by atoms with E-state index in [1.165, 1.54) is 0 Å². The first-order valence-electron chi connectivity index (χ1n) is 4.88. The van der Waals surface area contributed by atoms with Crippen molar-refractivity contribution < 1.29 is 14.7 Å². The molecule has 2 rings (SSSR count). The van der Waals surface area contributed by atoms with Crippen LogP contribution in [-0.4, -0.2) is 17.0 Å². The average Bonchev–Trinajstić information content (AvgIpc) is 3.01. The average molecular weight is 284 g/mol. The van der Waals surface area contributed by atoms with Gasteiger partial charge in [0.05, 0.1) is 17.5 Å². The summed E-state index contributed by atoms with van der Waals surface area (Å²) in [5, 5.41) is 11.4. The molecule has 2 N–H and O–H groups in total. The third-order valence-corrected chi connectivity index (χ3v) is 3.27. The van der Waals surface area contributed by atoms with Gasteiger partial charge in [-0.3, -0.25) is 9.59 Å². The van der Waals surface area contributed by atoms with Gasteiger partial charge in [-0.1, -0.05) is 12.1 Å². The fraction of sp³-hybridized carbons (Fsp3) is 0.273. The third-order valence-electron chi connectivity index (χ3n) is 2.58. The fourth-order valence-electron chi connectivity index (χ4n) is 1.55. The molecule has 0 radical (unpaired) electrons. The van der Waals surface area contributed by atoms with Crippen molar-refractivity contribution >= 4 is 33.5 Å². The minimum Gasteiger partial charge on any atom is -0.481 e. The van der Waals surface area contributed by atoms with E-state index >= 15 is 0 Å². The number of rotatable bonds is 3. The smallest absolute Gasteiger partial charge is 0.307 e. The van der Waals surface area contributed by atoms with Crippen LogP contribution in [0.3, 0.4) is 0 Å². The monoisotopic (exact) mass is 283 g/mol. The molecule has 1 amide bonds. The number of anilines is 1. The Hall–Kier alpha value is -1.36. The van der Waals surface area contributed by atoms with Gasteiger partial charge in [-0.05, 0) is 34.5 Å². The zero-order valence-electron chi connectivity index (χ0n) is 8.31. The Morgan fingerprint density at radius 2 is 2.00 bits per heavy atom. The van der Waals surface area contributed by atoms with Crippen molar-refractivity contribution in [3.05, 3.63) is 28.7 Å². The van der Waals surface area contributed by atoms with E-state index in [9.17, 15) is 9.59 Å². The van der Waals surface area contributed by atoms with Crippen LogP contribution >= 0.6 is 15.9 Å². The van der Waals surface area contributed by atoms with Crippen molar-refractivity contribution in [2.75, 3.05) is 5.32 Å². The Morgan fingerprint density at radius 3 is 2.56 bits per heavy atom. The highest BCUT2D eigenvalue weighted by atomic mass is 79.9. The first-order valence-corrected chi connectivity index (χ1v) is 5.67.